The summed E-state index contributed by atoms with van der Waals surface area (Å²) in [6.45, 7) is 3.50. The molecule has 0 aromatic carbocycles. The summed E-state index contributed by atoms with van der Waals surface area (Å²) >= 11 is 0. The summed E-state index contributed by atoms with van der Waals surface area (Å²) < 4.78 is 26.6. The first-order valence-corrected chi connectivity index (χ1v) is 21.5. The third-order valence-electron chi connectivity index (χ3n) is 8.79. The van der Waals surface area contributed by atoms with Crippen molar-refractivity contribution in [3.05, 3.63) is 0 Å². The molecular weight excluding hydrogens is 629 g/mol. The number of amides is 1. The molecule has 0 aromatic heterocycles. The molecule has 0 aromatic rings. The zero-order valence-corrected chi connectivity index (χ0v) is 32.1. The van der Waals surface area contributed by atoms with Crippen LogP contribution >= 0.6 is 7.82 Å². The third kappa shape index (κ3) is 36.3. The molecule has 0 rings (SSSR count). The van der Waals surface area contributed by atoms with E-state index >= 15 is 0 Å². The van der Waals surface area contributed by atoms with Gasteiger partial charge in [-0.05, 0) is 12.8 Å². The average molecular weight is 706 g/mol. The zero-order valence-electron chi connectivity index (χ0n) is 31.2. The highest BCUT2D eigenvalue weighted by Gasteiger charge is 2.23. The van der Waals surface area contributed by atoms with Crippen molar-refractivity contribution in [1.82, 2.24) is 5.32 Å². The Hall–Kier alpha value is -0.990. The predicted molar refractivity (Wildman–Crippen MR) is 197 cm³/mol. The van der Waals surface area contributed by atoms with Gasteiger partial charge in [-0.2, -0.15) is 0 Å². The lowest BCUT2D eigenvalue weighted by Gasteiger charge is -2.15. The van der Waals surface area contributed by atoms with Gasteiger partial charge in [-0.25, -0.2) is 4.57 Å². The number of phosphoric ester groups is 1. The maximum atomic E-state index is 12.0. The molecule has 0 heterocycles. The van der Waals surface area contributed by atoms with E-state index in [1.165, 1.54) is 128 Å². The van der Waals surface area contributed by atoms with E-state index < -0.39 is 26.5 Å². The maximum Gasteiger partial charge on any atom is 0.472 e. The molecule has 0 bridgehead atoms. The van der Waals surface area contributed by atoms with Crippen molar-refractivity contribution in [2.45, 2.75) is 206 Å². The molecule has 0 radical (unpaired) electrons. The fourth-order valence-electron chi connectivity index (χ4n) is 5.73. The van der Waals surface area contributed by atoms with Gasteiger partial charge in [-0.3, -0.25) is 18.6 Å². The van der Waals surface area contributed by atoms with Crippen molar-refractivity contribution in [2.75, 3.05) is 26.4 Å². The zero-order chi connectivity index (χ0) is 35.4. The Kier molecular flexibility index (Phi) is 35.1. The van der Waals surface area contributed by atoms with E-state index in [9.17, 15) is 24.2 Å². The molecule has 0 fully saturated rings. The highest BCUT2D eigenvalue weighted by molar-refractivity contribution is 7.47. The number of hydrogen-bond acceptors (Lipinski definition) is 7. The van der Waals surface area contributed by atoms with Gasteiger partial charge in [0, 0.05) is 19.4 Å². The summed E-state index contributed by atoms with van der Waals surface area (Å²) in [4.78, 5) is 33.6. The van der Waals surface area contributed by atoms with Crippen molar-refractivity contribution in [2.24, 2.45) is 0 Å². The summed E-state index contributed by atoms with van der Waals surface area (Å²) in [7, 11) is -4.40. The van der Waals surface area contributed by atoms with Gasteiger partial charge in [0.05, 0.1) is 13.2 Å². The molecule has 0 aliphatic heterocycles. The van der Waals surface area contributed by atoms with Crippen LogP contribution in [0.25, 0.3) is 0 Å². The number of ether oxygens (including phenoxy) is 1. The number of rotatable bonds is 38. The molecule has 10 heteroatoms. The average Bonchev–Trinajstić information content (AvgIpc) is 3.07. The molecule has 0 aliphatic carbocycles. The van der Waals surface area contributed by atoms with Gasteiger partial charge in [-0.15, -0.1) is 0 Å². The number of nitrogens with one attached hydrogen (secondary N) is 1. The molecule has 0 aliphatic rings. The molecule has 286 valence electrons. The second-order valence-electron chi connectivity index (χ2n) is 13.6. The molecule has 1 amide bonds. The Bertz CT molecular complexity index is 769. The number of hydrogen-bond donors (Lipinski definition) is 3. The van der Waals surface area contributed by atoms with Crippen molar-refractivity contribution in [3.8, 4) is 0 Å². The number of unbranched alkanes of at least 4 members (excludes halogenated alkanes) is 25. The minimum absolute atomic E-state index is 0.0879. The number of carbonyl (C=O) groups is 2. The molecule has 2 atom stereocenters. The highest BCUT2D eigenvalue weighted by Crippen LogP contribution is 2.42. The second-order valence-corrected chi connectivity index (χ2v) is 15.1. The van der Waals surface area contributed by atoms with Gasteiger partial charge < -0.3 is 20.1 Å². The molecule has 0 saturated heterocycles. The largest absolute Gasteiger partial charge is 0.472 e. The molecule has 48 heavy (non-hydrogen) atoms. The molecule has 3 N–H and O–H groups in total. The Morgan fingerprint density at radius 2 is 0.938 bits per heavy atom. The van der Waals surface area contributed by atoms with E-state index in [4.69, 9.17) is 13.8 Å². The van der Waals surface area contributed by atoms with Crippen LogP contribution in [0.15, 0.2) is 0 Å². The standard InChI is InChI=1S/C38H76NO8P/c1-3-5-7-9-11-12-13-14-15-16-17-18-19-20-21-22-23-24-25-26-28-30-37(41)39-32-33-46-48(43,44)47-35-36(40)34-45-38(42)31-29-27-10-8-6-4-2/h36,40H,3-35H2,1-2H3,(H,39,41)(H,43,44). The van der Waals surface area contributed by atoms with Gasteiger partial charge in [0.25, 0.3) is 0 Å². The number of aliphatic hydroxyl groups is 1. The van der Waals surface area contributed by atoms with Gasteiger partial charge >= 0.3 is 13.8 Å². The monoisotopic (exact) mass is 706 g/mol. The smallest absolute Gasteiger partial charge is 0.463 e. The summed E-state index contributed by atoms with van der Waals surface area (Å²) in [5, 5.41) is 12.6. The second kappa shape index (κ2) is 35.8. The lowest BCUT2D eigenvalue weighted by atomic mass is 10.0. The first kappa shape index (κ1) is 47.0. The topological polar surface area (TPSA) is 131 Å². The summed E-state index contributed by atoms with van der Waals surface area (Å²) in [6, 6.07) is 0. The van der Waals surface area contributed by atoms with Gasteiger partial charge in [0.15, 0.2) is 0 Å². The lowest BCUT2D eigenvalue weighted by Crippen LogP contribution is -2.27. The summed E-state index contributed by atoms with van der Waals surface area (Å²) in [6.07, 6.45) is 33.6. The normalized spacial score (nSPS) is 13.3. The van der Waals surface area contributed by atoms with Crippen molar-refractivity contribution < 1.29 is 37.9 Å². The van der Waals surface area contributed by atoms with Gasteiger partial charge in [0.1, 0.15) is 12.7 Å². The molecule has 0 saturated carbocycles. The van der Waals surface area contributed by atoms with E-state index in [0.29, 0.717) is 6.42 Å². The Morgan fingerprint density at radius 1 is 0.562 bits per heavy atom. The van der Waals surface area contributed by atoms with E-state index in [2.05, 4.69) is 19.2 Å². The Labute approximate surface area is 295 Å². The van der Waals surface area contributed by atoms with Crippen LogP contribution < -0.4 is 5.32 Å². The molecule has 9 nitrogen and oxygen atoms in total. The van der Waals surface area contributed by atoms with E-state index in [1.807, 2.05) is 0 Å². The number of aliphatic hydroxyl groups excluding tert-OH is 1. The van der Waals surface area contributed by atoms with E-state index in [0.717, 1.165) is 44.9 Å². The van der Waals surface area contributed by atoms with Crippen LogP contribution in [0.2, 0.25) is 0 Å². The van der Waals surface area contributed by atoms with Crippen molar-refractivity contribution >= 4 is 19.7 Å². The fourth-order valence-corrected chi connectivity index (χ4v) is 6.49. The van der Waals surface area contributed by atoms with Crippen LogP contribution in [0.1, 0.15) is 200 Å². The van der Waals surface area contributed by atoms with E-state index in [-0.39, 0.29) is 32.1 Å². The van der Waals surface area contributed by atoms with Crippen LogP contribution in [-0.2, 0) is 27.9 Å². The third-order valence-corrected chi connectivity index (χ3v) is 9.77. The Morgan fingerprint density at radius 3 is 1.35 bits per heavy atom. The lowest BCUT2D eigenvalue weighted by molar-refractivity contribution is -0.147. The minimum Gasteiger partial charge on any atom is -0.463 e. The Balaban J connectivity index is 3.49. The molecule has 2 unspecified atom stereocenters. The van der Waals surface area contributed by atoms with Crippen LogP contribution in [0.5, 0.6) is 0 Å². The molecule has 0 spiro atoms. The SMILES string of the molecule is CCCCCCCCCCCCCCCCCCCCCCCC(=O)NCCOP(=O)(O)OCC(O)COC(=O)CCCCCCCC. The van der Waals surface area contributed by atoms with Gasteiger partial charge in [-0.1, -0.05) is 174 Å². The number of phosphoric acid groups is 1. The quantitative estimate of drug-likeness (QED) is 0.0329. The first-order chi connectivity index (χ1) is 23.3. The number of carbonyl (C=O) groups excluding carboxylic acids is 2. The van der Waals surface area contributed by atoms with Crippen molar-refractivity contribution in [1.29, 1.82) is 0 Å². The van der Waals surface area contributed by atoms with Crippen LogP contribution in [0.3, 0.4) is 0 Å². The molecular formula is C38H76NO8P. The van der Waals surface area contributed by atoms with Crippen molar-refractivity contribution in [3.63, 3.8) is 0 Å². The minimum atomic E-state index is -4.40. The van der Waals surface area contributed by atoms with Crippen LogP contribution in [0.4, 0.5) is 0 Å². The van der Waals surface area contributed by atoms with Crippen LogP contribution in [0, 0.1) is 0 Å². The predicted octanol–water partition coefficient (Wildman–Crippen LogP) is 10.5. The maximum absolute atomic E-state index is 12.0. The van der Waals surface area contributed by atoms with E-state index in [1.54, 1.807) is 0 Å². The summed E-state index contributed by atoms with van der Waals surface area (Å²) in [5.74, 6) is -0.516. The highest BCUT2D eigenvalue weighted by atomic mass is 31.2. The fraction of sp³-hybridized carbons (Fsp3) is 0.947. The number of esters is 1. The van der Waals surface area contributed by atoms with Gasteiger partial charge in [0.2, 0.25) is 5.91 Å². The van der Waals surface area contributed by atoms with Crippen LogP contribution in [-0.4, -0.2) is 54.3 Å². The first-order valence-electron chi connectivity index (χ1n) is 20.0. The summed E-state index contributed by atoms with van der Waals surface area (Å²) in [5.41, 5.74) is 0.